The van der Waals surface area contributed by atoms with Gasteiger partial charge < -0.3 is 4.74 Å². The largest absolute Gasteiger partial charge is 0.465 e. The molecule has 0 radical (unpaired) electrons. The fourth-order valence-corrected chi connectivity index (χ4v) is 2.82. The molecule has 116 valence electrons. The van der Waals surface area contributed by atoms with Crippen molar-refractivity contribution in [1.29, 1.82) is 0 Å². The summed E-state index contributed by atoms with van der Waals surface area (Å²) in [6.45, 7) is 0.0281. The number of sulfonamides is 1. The number of halogens is 1. The van der Waals surface area contributed by atoms with Crippen molar-refractivity contribution in [2.24, 2.45) is 0 Å². The van der Waals surface area contributed by atoms with Crippen LogP contribution in [0.1, 0.15) is 15.9 Å². The van der Waals surface area contributed by atoms with Crippen LogP contribution in [0.3, 0.4) is 0 Å². The number of ether oxygens (including phenoxy) is 1. The van der Waals surface area contributed by atoms with Gasteiger partial charge in [-0.2, -0.15) is 0 Å². The molecule has 7 heteroatoms. The van der Waals surface area contributed by atoms with E-state index in [1.807, 2.05) is 0 Å². The summed E-state index contributed by atoms with van der Waals surface area (Å²) in [4.78, 5) is 11.1. The molecule has 2 rings (SSSR count). The van der Waals surface area contributed by atoms with E-state index >= 15 is 0 Å². The molecule has 0 saturated heterocycles. The molecule has 1 N–H and O–H groups in total. The molecule has 0 fully saturated rings. The van der Waals surface area contributed by atoms with Gasteiger partial charge in [0.1, 0.15) is 5.82 Å². The second-order valence-corrected chi connectivity index (χ2v) is 6.24. The molecule has 2 aromatic carbocycles. The number of benzene rings is 2. The molecule has 0 amide bonds. The Morgan fingerprint density at radius 2 is 1.86 bits per heavy atom. The van der Waals surface area contributed by atoms with Crippen molar-refractivity contribution >= 4 is 16.0 Å². The minimum absolute atomic E-state index is 0.0281. The Labute approximate surface area is 127 Å². The zero-order valence-corrected chi connectivity index (χ0v) is 12.6. The third-order valence-electron chi connectivity index (χ3n) is 2.95. The fourth-order valence-electron chi connectivity index (χ4n) is 1.77. The summed E-state index contributed by atoms with van der Waals surface area (Å²) in [7, 11) is -2.51. The molecule has 0 aliphatic heterocycles. The van der Waals surface area contributed by atoms with Crippen LogP contribution in [0.4, 0.5) is 4.39 Å². The number of nitrogens with one attached hydrogen (secondary N) is 1. The summed E-state index contributed by atoms with van der Waals surface area (Å²) in [6, 6.07) is 11.1. The molecule has 0 aliphatic rings. The monoisotopic (exact) mass is 323 g/mol. The Morgan fingerprint density at radius 3 is 2.45 bits per heavy atom. The van der Waals surface area contributed by atoms with Gasteiger partial charge in [-0.05, 0) is 35.9 Å². The number of carbonyl (C=O) groups excluding carboxylic acids is 1. The molecular formula is C15H14FNO4S. The first kappa shape index (κ1) is 16.1. The number of methoxy groups -OCH3 is 1. The molecule has 0 aliphatic carbocycles. The van der Waals surface area contributed by atoms with Gasteiger partial charge >= 0.3 is 5.97 Å². The number of esters is 1. The van der Waals surface area contributed by atoms with E-state index in [4.69, 9.17) is 0 Å². The molecule has 0 saturated carbocycles. The maximum absolute atomic E-state index is 13.1. The van der Waals surface area contributed by atoms with E-state index < -0.39 is 21.8 Å². The standard InChI is InChI=1S/C15H14FNO4S/c1-21-15(18)12-7-5-11(6-8-12)10-17-22(19,20)14-4-2-3-13(16)9-14/h2-9,17H,10H2,1H3. The van der Waals surface area contributed by atoms with Crippen LogP contribution in [0, 0.1) is 5.82 Å². The van der Waals surface area contributed by atoms with E-state index in [0.29, 0.717) is 11.1 Å². The second kappa shape index (κ2) is 6.67. The first-order valence-corrected chi connectivity index (χ1v) is 7.83. The van der Waals surface area contributed by atoms with Crippen molar-refractivity contribution in [3.63, 3.8) is 0 Å². The van der Waals surface area contributed by atoms with Gasteiger partial charge in [-0.25, -0.2) is 22.3 Å². The maximum Gasteiger partial charge on any atom is 0.337 e. The smallest absolute Gasteiger partial charge is 0.337 e. The molecule has 0 bridgehead atoms. The van der Waals surface area contributed by atoms with Crippen LogP contribution in [0.2, 0.25) is 0 Å². The zero-order valence-electron chi connectivity index (χ0n) is 11.7. The Kier molecular flexibility index (Phi) is 4.89. The third kappa shape index (κ3) is 3.90. The molecule has 0 heterocycles. The van der Waals surface area contributed by atoms with Gasteiger partial charge in [0.2, 0.25) is 10.0 Å². The maximum atomic E-state index is 13.1. The molecule has 0 unspecified atom stereocenters. The average Bonchev–Trinajstić information content (AvgIpc) is 2.53. The van der Waals surface area contributed by atoms with Crippen molar-refractivity contribution in [3.05, 3.63) is 65.5 Å². The highest BCUT2D eigenvalue weighted by atomic mass is 32.2. The first-order chi connectivity index (χ1) is 10.4. The predicted octanol–water partition coefficient (Wildman–Crippen LogP) is 2.09. The second-order valence-electron chi connectivity index (χ2n) is 4.47. The summed E-state index contributed by atoms with van der Waals surface area (Å²) < 4.78 is 44.1. The van der Waals surface area contributed by atoms with Crippen LogP contribution in [-0.4, -0.2) is 21.5 Å². The highest BCUT2D eigenvalue weighted by molar-refractivity contribution is 7.89. The number of rotatable bonds is 5. The van der Waals surface area contributed by atoms with Crippen LogP contribution >= 0.6 is 0 Å². The van der Waals surface area contributed by atoms with Crippen LogP contribution in [-0.2, 0) is 21.3 Å². The lowest BCUT2D eigenvalue weighted by molar-refractivity contribution is 0.0600. The molecular weight excluding hydrogens is 309 g/mol. The molecule has 22 heavy (non-hydrogen) atoms. The number of hydrogen-bond acceptors (Lipinski definition) is 4. The lowest BCUT2D eigenvalue weighted by Gasteiger charge is -2.07. The van der Waals surface area contributed by atoms with Gasteiger partial charge in [0.05, 0.1) is 17.6 Å². The highest BCUT2D eigenvalue weighted by Crippen LogP contribution is 2.12. The van der Waals surface area contributed by atoms with Crippen molar-refractivity contribution < 1.29 is 22.3 Å². The third-order valence-corrected chi connectivity index (χ3v) is 4.35. The first-order valence-electron chi connectivity index (χ1n) is 6.35. The Hall–Kier alpha value is -2.25. The predicted molar refractivity (Wildman–Crippen MR) is 78.2 cm³/mol. The van der Waals surface area contributed by atoms with Crippen molar-refractivity contribution in [3.8, 4) is 0 Å². The van der Waals surface area contributed by atoms with Crippen LogP contribution in [0.25, 0.3) is 0 Å². The summed E-state index contributed by atoms with van der Waals surface area (Å²) in [5.74, 6) is -1.09. The minimum atomic E-state index is -3.79. The lowest BCUT2D eigenvalue weighted by atomic mass is 10.1. The van der Waals surface area contributed by atoms with E-state index in [1.54, 1.807) is 12.1 Å². The van der Waals surface area contributed by atoms with E-state index in [-0.39, 0.29) is 11.4 Å². The fraction of sp³-hybridized carbons (Fsp3) is 0.133. The zero-order chi connectivity index (χ0) is 16.2. The molecule has 5 nitrogen and oxygen atoms in total. The van der Waals surface area contributed by atoms with Gasteiger partial charge in [0, 0.05) is 6.54 Å². The van der Waals surface area contributed by atoms with Crippen LogP contribution in [0.5, 0.6) is 0 Å². The normalized spacial score (nSPS) is 11.2. The van der Waals surface area contributed by atoms with E-state index in [9.17, 15) is 17.6 Å². The number of carbonyl (C=O) groups is 1. The van der Waals surface area contributed by atoms with Gasteiger partial charge in [-0.3, -0.25) is 0 Å². The van der Waals surface area contributed by atoms with Gasteiger partial charge in [-0.15, -0.1) is 0 Å². The average molecular weight is 323 g/mol. The summed E-state index contributed by atoms with van der Waals surface area (Å²) in [6.07, 6.45) is 0. The van der Waals surface area contributed by atoms with Crippen LogP contribution < -0.4 is 4.72 Å². The SMILES string of the molecule is COC(=O)c1ccc(CNS(=O)(=O)c2cccc(F)c2)cc1. The van der Waals surface area contributed by atoms with Crippen molar-refractivity contribution in [1.82, 2.24) is 4.72 Å². The highest BCUT2D eigenvalue weighted by Gasteiger charge is 2.14. The summed E-state index contributed by atoms with van der Waals surface area (Å²) in [5, 5.41) is 0. The van der Waals surface area contributed by atoms with Gasteiger partial charge in [-0.1, -0.05) is 18.2 Å². The molecule has 2 aromatic rings. The van der Waals surface area contributed by atoms with E-state index in [2.05, 4.69) is 9.46 Å². The molecule has 0 atom stereocenters. The summed E-state index contributed by atoms with van der Waals surface area (Å²) >= 11 is 0. The molecule has 0 spiro atoms. The van der Waals surface area contributed by atoms with Crippen molar-refractivity contribution in [2.75, 3.05) is 7.11 Å². The van der Waals surface area contributed by atoms with E-state index in [0.717, 1.165) is 6.07 Å². The topological polar surface area (TPSA) is 72.5 Å². The van der Waals surface area contributed by atoms with Gasteiger partial charge in [0.15, 0.2) is 0 Å². The number of hydrogen-bond donors (Lipinski definition) is 1. The summed E-state index contributed by atoms with van der Waals surface area (Å²) in [5.41, 5.74) is 1.03. The Balaban J connectivity index is 2.07. The van der Waals surface area contributed by atoms with Crippen LogP contribution in [0.15, 0.2) is 53.4 Å². The Bertz CT molecular complexity index is 772. The quantitative estimate of drug-likeness (QED) is 0.855. The minimum Gasteiger partial charge on any atom is -0.465 e. The van der Waals surface area contributed by atoms with E-state index in [1.165, 1.54) is 37.4 Å². The lowest BCUT2D eigenvalue weighted by Crippen LogP contribution is -2.23. The molecule has 0 aromatic heterocycles. The Morgan fingerprint density at radius 1 is 1.18 bits per heavy atom. The van der Waals surface area contributed by atoms with Gasteiger partial charge in [0.25, 0.3) is 0 Å². The van der Waals surface area contributed by atoms with Crippen molar-refractivity contribution in [2.45, 2.75) is 11.4 Å².